The van der Waals surface area contributed by atoms with Crippen LogP contribution < -0.4 is 4.74 Å². The van der Waals surface area contributed by atoms with Gasteiger partial charge >= 0.3 is 0 Å². The van der Waals surface area contributed by atoms with Crippen molar-refractivity contribution in [3.05, 3.63) is 59.9 Å². The molecule has 0 saturated carbocycles. The molecule has 7 nitrogen and oxygen atoms in total. The molecule has 2 aliphatic rings. The number of nitrogens with zero attached hydrogens (tertiary/aromatic N) is 4. The van der Waals surface area contributed by atoms with Crippen LogP contribution in [-0.4, -0.2) is 63.4 Å². The first kappa shape index (κ1) is 23.2. The van der Waals surface area contributed by atoms with Crippen LogP contribution in [0.3, 0.4) is 0 Å². The number of aromatic nitrogens is 3. The molecular formula is C26H32N4O3S. The quantitative estimate of drug-likeness (QED) is 0.471. The van der Waals surface area contributed by atoms with E-state index in [1.54, 1.807) is 31.0 Å². The molecule has 0 unspecified atom stereocenters. The fourth-order valence-corrected chi connectivity index (χ4v) is 5.81. The van der Waals surface area contributed by atoms with Crippen molar-refractivity contribution in [2.75, 3.05) is 32.6 Å². The van der Waals surface area contributed by atoms with E-state index in [2.05, 4.69) is 26.7 Å². The van der Waals surface area contributed by atoms with E-state index in [0.29, 0.717) is 17.8 Å². The Morgan fingerprint density at radius 2 is 1.91 bits per heavy atom. The molecule has 0 amide bonds. The first-order chi connectivity index (χ1) is 16.7. The van der Waals surface area contributed by atoms with Crippen LogP contribution in [0.5, 0.6) is 11.5 Å². The second-order valence-corrected chi connectivity index (χ2v) is 10.0. The molecule has 0 spiro atoms. The summed E-state index contributed by atoms with van der Waals surface area (Å²) in [5.74, 6) is 3.43. The summed E-state index contributed by atoms with van der Waals surface area (Å²) in [5, 5.41) is 19.8. The normalized spacial score (nSPS) is 19.5. The fourth-order valence-electron chi connectivity index (χ4n) is 4.78. The Balaban J connectivity index is 1.32. The van der Waals surface area contributed by atoms with Crippen LogP contribution in [0, 0.1) is 0 Å². The SMILES string of the molecule is COc1cccc(-n2c(SC[C@H]3CCCO3)nnc2C2CCN(Cc3ccc(O)cc3)CC2)c1. The van der Waals surface area contributed by atoms with E-state index < -0.39 is 0 Å². The number of benzene rings is 2. The second-order valence-electron chi connectivity index (χ2n) is 9.04. The third kappa shape index (κ3) is 5.40. The van der Waals surface area contributed by atoms with Gasteiger partial charge in [-0.15, -0.1) is 10.2 Å². The number of thioether (sulfide) groups is 1. The minimum absolute atomic E-state index is 0.298. The molecule has 1 N–H and O–H groups in total. The van der Waals surface area contributed by atoms with E-state index >= 15 is 0 Å². The molecule has 2 aliphatic heterocycles. The largest absolute Gasteiger partial charge is 0.508 e. The molecule has 1 aromatic heterocycles. The summed E-state index contributed by atoms with van der Waals surface area (Å²) in [5.41, 5.74) is 2.27. The predicted molar refractivity (Wildman–Crippen MR) is 133 cm³/mol. The van der Waals surface area contributed by atoms with Gasteiger partial charge in [0, 0.05) is 30.9 Å². The van der Waals surface area contributed by atoms with Crippen molar-refractivity contribution in [3.8, 4) is 17.2 Å². The van der Waals surface area contributed by atoms with E-state index in [1.807, 2.05) is 24.3 Å². The lowest BCUT2D eigenvalue weighted by atomic mass is 9.95. The molecule has 8 heteroatoms. The predicted octanol–water partition coefficient (Wildman–Crippen LogP) is 4.63. The standard InChI is InChI=1S/C26H32N4O3S/c1-32-23-5-2-4-21(16-23)30-25(27-28-26(30)34-18-24-6-3-15-33-24)20-11-13-29(14-12-20)17-19-7-9-22(31)10-8-19/h2,4-5,7-10,16,20,24,31H,3,6,11-15,17-18H2,1H3/t24-/m1/s1. The van der Waals surface area contributed by atoms with Crippen LogP contribution in [0.25, 0.3) is 5.69 Å². The van der Waals surface area contributed by atoms with Gasteiger partial charge in [-0.05, 0) is 68.6 Å². The first-order valence-corrected chi connectivity index (χ1v) is 13.0. The van der Waals surface area contributed by atoms with Crippen LogP contribution in [0.15, 0.2) is 53.7 Å². The Kier molecular flexibility index (Phi) is 7.37. The Morgan fingerprint density at radius 1 is 1.09 bits per heavy atom. The van der Waals surface area contributed by atoms with Crippen LogP contribution in [-0.2, 0) is 11.3 Å². The summed E-state index contributed by atoms with van der Waals surface area (Å²) in [4.78, 5) is 2.47. The number of aromatic hydroxyl groups is 1. The average molecular weight is 481 g/mol. The minimum atomic E-state index is 0.298. The van der Waals surface area contributed by atoms with Crippen molar-refractivity contribution in [2.45, 2.75) is 49.4 Å². The van der Waals surface area contributed by atoms with Crippen molar-refractivity contribution in [1.82, 2.24) is 19.7 Å². The number of hydrogen-bond acceptors (Lipinski definition) is 7. The van der Waals surface area contributed by atoms with Gasteiger partial charge < -0.3 is 14.6 Å². The highest BCUT2D eigenvalue weighted by molar-refractivity contribution is 7.99. The van der Waals surface area contributed by atoms with Crippen LogP contribution in [0.2, 0.25) is 0 Å². The van der Waals surface area contributed by atoms with Gasteiger partial charge in [0.1, 0.15) is 17.3 Å². The van der Waals surface area contributed by atoms with Crippen LogP contribution in [0.1, 0.15) is 43.0 Å². The van der Waals surface area contributed by atoms with Crippen molar-refractivity contribution >= 4 is 11.8 Å². The summed E-state index contributed by atoms with van der Waals surface area (Å²) in [6, 6.07) is 15.7. The summed E-state index contributed by atoms with van der Waals surface area (Å²) >= 11 is 1.73. The van der Waals surface area contributed by atoms with Crippen molar-refractivity contribution in [3.63, 3.8) is 0 Å². The number of piperidine rings is 1. The molecule has 5 rings (SSSR count). The van der Waals surface area contributed by atoms with Crippen molar-refractivity contribution in [2.24, 2.45) is 0 Å². The summed E-state index contributed by atoms with van der Waals surface area (Å²) in [7, 11) is 1.70. The van der Waals surface area contributed by atoms with E-state index in [0.717, 1.165) is 80.1 Å². The highest BCUT2D eigenvalue weighted by Crippen LogP contribution is 2.34. The zero-order chi connectivity index (χ0) is 23.3. The maximum absolute atomic E-state index is 9.53. The lowest BCUT2D eigenvalue weighted by molar-refractivity contribution is 0.129. The highest BCUT2D eigenvalue weighted by Gasteiger charge is 2.28. The first-order valence-electron chi connectivity index (χ1n) is 12.0. The van der Waals surface area contributed by atoms with Gasteiger partial charge in [0.15, 0.2) is 5.16 Å². The Morgan fingerprint density at radius 3 is 2.65 bits per heavy atom. The topological polar surface area (TPSA) is 72.6 Å². The molecule has 180 valence electrons. The number of likely N-dealkylation sites (tertiary alicyclic amines) is 1. The Bertz CT molecular complexity index is 1070. The van der Waals surface area contributed by atoms with Gasteiger partial charge in [-0.2, -0.15) is 0 Å². The fraction of sp³-hybridized carbons (Fsp3) is 0.462. The minimum Gasteiger partial charge on any atom is -0.508 e. The lowest BCUT2D eigenvalue weighted by Gasteiger charge is -2.31. The molecular weight excluding hydrogens is 448 g/mol. The molecule has 2 saturated heterocycles. The molecule has 3 heterocycles. The highest BCUT2D eigenvalue weighted by atomic mass is 32.2. The van der Waals surface area contributed by atoms with Gasteiger partial charge in [0.2, 0.25) is 0 Å². The zero-order valence-electron chi connectivity index (χ0n) is 19.6. The van der Waals surface area contributed by atoms with Gasteiger partial charge in [-0.3, -0.25) is 9.47 Å². The van der Waals surface area contributed by atoms with E-state index in [-0.39, 0.29) is 0 Å². The second kappa shape index (κ2) is 10.8. The molecule has 0 bridgehead atoms. The number of methoxy groups -OCH3 is 1. The van der Waals surface area contributed by atoms with E-state index in [1.165, 1.54) is 5.56 Å². The van der Waals surface area contributed by atoms with Crippen molar-refractivity contribution in [1.29, 1.82) is 0 Å². The lowest BCUT2D eigenvalue weighted by Crippen LogP contribution is -2.33. The smallest absolute Gasteiger partial charge is 0.195 e. The number of phenols is 1. The third-order valence-corrected chi connectivity index (χ3v) is 7.75. The summed E-state index contributed by atoms with van der Waals surface area (Å²) in [6.45, 7) is 3.78. The van der Waals surface area contributed by atoms with Crippen LogP contribution >= 0.6 is 11.8 Å². The van der Waals surface area contributed by atoms with Gasteiger partial charge in [-0.1, -0.05) is 30.0 Å². The Hall–Kier alpha value is -2.55. The number of phenolic OH excluding ortho intramolecular Hbond substituents is 1. The zero-order valence-corrected chi connectivity index (χ0v) is 20.4. The molecule has 34 heavy (non-hydrogen) atoms. The number of ether oxygens (including phenoxy) is 2. The number of rotatable bonds is 8. The summed E-state index contributed by atoms with van der Waals surface area (Å²) in [6.07, 6.45) is 4.63. The average Bonchev–Trinajstić information content (AvgIpc) is 3.55. The van der Waals surface area contributed by atoms with E-state index in [9.17, 15) is 5.11 Å². The third-order valence-electron chi connectivity index (χ3n) is 6.69. The van der Waals surface area contributed by atoms with Gasteiger partial charge in [0.25, 0.3) is 0 Å². The molecule has 1 atom stereocenters. The molecule has 0 aliphatic carbocycles. The van der Waals surface area contributed by atoms with Gasteiger partial charge in [-0.25, -0.2) is 0 Å². The molecule has 2 aromatic carbocycles. The maximum atomic E-state index is 9.53. The van der Waals surface area contributed by atoms with E-state index in [4.69, 9.17) is 14.6 Å². The maximum Gasteiger partial charge on any atom is 0.195 e. The van der Waals surface area contributed by atoms with Gasteiger partial charge in [0.05, 0.1) is 18.9 Å². The van der Waals surface area contributed by atoms with Crippen molar-refractivity contribution < 1.29 is 14.6 Å². The Labute approximate surface area is 205 Å². The monoisotopic (exact) mass is 480 g/mol. The molecule has 3 aromatic rings. The molecule has 0 radical (unpaired) electrons. The van der Waals surface area contributed by atoms with Crippen LogP contribution in [0.4, 0.5) is 0 Å². The molecule has 2 fully saturated rings. The summed E-state index contributed by atoms with van der Waals surface area (Å²) < 4.78 is 13.5. The number of hydrogen-bond donors (Lipinski definition) is 1.